The van der Waals surface area contributed by atoms with Gasteiger partial charge >= 0.3 is 0 Å². The van der Waals surface area contributed by atoms with Crippen LogP contribution in [-0.2, 0) is 17.8 Å². The number of nitrogens with zero attached hydrogens (tertiary/aromatic N) is 2. The Bertz CT molecular complexity index is 340. The van der Waals surface area contributed by atoms with Crippen LogP contribution in [0.25, 0.3) is 0 Å². The predicted molar refractivity (Wildman–Crippen MR) is 44.4 cm³/mol. The van der Waals surface area contributed by atoms with E-state index in [1.807, 2.05) is 0 Å². The van der Waals surface area contributed by atoms with Crippen molar-refractivity contribution in [2.75, 3.05) is 6.54 Å². The van der Waals surface area contributed by atoms with Crippen LogP contribution in [0.4, 0.5) is 4.39 Å². The lowest BCUT2D eigenvalue weighted by atomic mass is 10.1. The van der Waals surface area contributed by atoms with Crippen LogP contribution >= 0.6 is 0 Å². The molecular weight excluding hydrogens is 171 g/mol. The highest BCUT2D eigenvalue weighted by Gasteiger charge is 2.15. The molecule has 1 amide bonds. The van der Waals surface area contributed by atoms with Crippen LogP contribution in [0.2, 0.25) is 0 Å². The predicted octanol–water partition coefficient (Wildman–Crippen LogP) is 0.735. The van der Waals surface area contributed by atoms with E-state index in [9.17, 15) is 9.18 Å². The van der Waals surface area contributed by atoms with Crippen LogP contribution in [0.5, 0.6) is 0 Å². The standard InChI is InChI=1S/C9H9FN2O/c10-8-3-7-5-12(6-13)2-1-9(7)11-4-8/h3-4,6H,1-2,5H2. The van der Waals surface area contributed by atoms with Crippen LogP contribution in [0, 0.1) is 5.82 Å². The summed E-state index contributed by atoms with van der Waals surface area (Å²) < 4.78 is 12.8. The first-order valence-electron chi connectivity index (χ1n) is 4.12. The SMILES string of the molecule is O=CN1CCc2ncc(F)cc2C1. The summed E-state index contributed by atoms with van der Waals surface area (Å²) in [7, 11) is 0. The van der Waals surface area contributed by atoms with Gasteiger partial charge in [-0.3, -0.25) is 9.78 Å². The van der Waals surface area contributed by atoms with Crippen molar-refractivity contribution in [1.29, 1.82) is 0 Å². The molecule has 0 saturated heterocycles. The van der Waals surface area contributed by atoms with Gasteiger partial charge in [0.25, 0.3) is 0 Å². The zero-order valence-electron chi connectivity index (χ0n) is 7.03. The Hall–Kier alpha value is -1.45. The number of rotatable bonds is 1. The van der Waals surface area contributed by atoms with Gasteiger partial charge in [0.2, 0.25) is 6.41 Å². The van der Waals surface area contributed by atoms with Crippen LogP contribution in [0.1, 0.15) is 11.3 Å². The van der Waals surface area contributed by atoms with E-state index in [1.165, 1.54) is 12.3 Å². The van der Waals surface area contributed by atoms with E-state index < -0.39 is 0 Å². The maximum atomic E-state index is 12.8. The normalized spacial score (nSPS) is 15.3. The summed E-state index contributed by atoms with van der Waals surface area (Å²) in [4.78, 5) is 16.1. The van der Waals surface area contributed by atoms with E-state index in [2.05, 4.69) is 4.98 Å². The molecule has 13 heavy (non-hydrogen) atoms. The second kappa shape index (κ2) is 3.12. The van der Waals surface area contributed by atoms with E-state index in [4.69, 9.17) is 0 Å². The average molecular weight is 180 g/mol. The van der Waals surface area contributed by atoms with E-state index >= 15 is 0 Å². The molecule has 1 aliphatic rings. The second-order valence-corrected chi connectivity index (χ2v) is 3.09. The van der Waals surface area contributed by atoms with Gasteiger partial charge in [-0.15, -0.1) is 0 Å². The average Bonchev–Trinajstić information content (AvgIpc) is 2.16. The van der Waals surface area contributed by atoms with Gasteiger partial charge in [-0.1, -0.05) is 0 Å². The number of aromatic nitrogens is 1. The third kappa shape index (κ3) is 1.52. The Kier molecular flexibility index (Phi) is 1.96. The minimum absolute atomic E-state index is 0.341. The summed E-state index contributed by atoms with van der Waals surface area (Å²) in [6.07, 6.45) is 2.72. The van der Waals surface area contributed by atoms with Crippen molar-refractivity contribution in [3.8, 4) is 0 Å². The monoisotopic (exact) mass is 180 g/mol. The molecule has 0 N–H and O–H groups in total. The van der Waals surface area contributed by atoms with Gasteiger partial charge in [0.15, 0.2) is 0 Å². The fourth-order valence-corrected chi connectivity index (χ4v) is 1.51. The van der Waals surface area contributed by atoms with E-state index in [0.717, 1.165) is 17.7 Å². The minimum atomic E-state index is -0.341. The highest BCUT2D eigenvalue weighted by molar-refractivity contribution is 5.48. The van der Waals surface area contributed by atoms with Gasteiger partial charge in [0.05, 0.1) is 6.20 Å². The molecule has 4 heteroatoms. The van der Waals surface area contributed by atoms with Crippen LogP contribution in [0.15, 0.2) is 12.3 Å². The highest BCUT2D eigenvalue weighted by Crippen LogP contribution is 2.16. The molecule has 1 aromatic heterocycles. The lowest BCUT2D eigenvalue weighted by molar-refractivity contribution is -0.118. The van der Waals surface area contributed by atoms with E-state index in [1.54, 1.807) is 4.90 Å². The number of carbonyl (C=O) groups is 1. The lowest BCUT2D eigenvalue weighted by Crippen LogP contribution is -2.29. The molecule has 0 fully saturated rings. The van der Waals surface area contributed by atoms with Gasteiger partial charge in [-0.2, -0.15) is 0 Å². The first-order valence-corrected chi connectivity index (χ1v) is 4.12. The molecule has 68 valence electrons. The lowest BCUT2D eigenvalue weighted by Gasteiger charge is -2.24. The number of pyridine rings is 1. The number of fused-ring (bicyclic) bond motifs is 1. The largest absolute Gasteiger partial charge is 0.340 e. The van der Waals surface area contributed by atoms with Gasteiger partial charge in [0.1, 0.15) is 5.82 Å². The molecule has 0 unspecified atom stereocenters. The molecule has 3 nitrogen and oxygen atoms in total. The molecular formula is C9H9FN2O. The molecule has 0 radical (unpaired) electrons. The first-order chi connectivity index (χ1) is 6.29. The third-order valence-electron chi connectivity index (χ3n) is 2.18. The Balaban J connectivity index is 2.32. The topological polar surface area (TPSA) is 33.2 Å². The summed E-state index contributed by atoms with van der Waals surface area (Å²) in [6, 6.07) is 1.44. The molecule has 0 spiro atoms. The van der Waals surface area contributed by atoms with Gasteiger partial charge in [0, 0.05) is 25.2 Å². The first kappa shape index (κ1) is 8.16. The number of amides is 1. The number of hydrogen-bond donors (Lipinski definition) is 0. The van der Waals surface area contributed by atoms with Gasteiger partial charge < -0.3 is 4.90 Å². The maximum absolute atomic E-state index is 12.8. The van der Waals surface area contributed by atoms with Crippen molar-refractivity contribution < 1.29 is 9.18 Å². The smallest absolute Gasteiger partial charge is 0.210 e. The van der Waals surface area contributed by atoms with Crippen molar-refractivity contribution in [3.63, 3.8) is 0 Å². The number of carbonyl (C=O) groups excluding carboxylic acids is 1. The van der Waals surface area contributed by atoms with Crippen LogP contribution < -0.4 is 0 Å². The van der Waals surface area contributed by atoms with Crippen molar-refractivity contribution >= 4 is 6.41 Å². The quantitative estimate of drug-likeness (QED) is 0.597. The Labute approximate surface area is 75.2 Å². The summed E-state index contributed by atoms with van der Waals surface area (Å²) in [5, 5.41) is 0. The Morgan fingerprint density at radius 2 is 2.46 bits per heavy atom. The molecule has 0 saturated carbocycles. The van der Waals surface area contributed by atoms with Gasteiger partial charge in [-0.25, -0.2) is 4.39 Å². The molecule has 0 bridgehead atoms. The summed E-state index contributed by atoms with van der Waals surface area (Å²) in [6.45, 7) is 1.15. The van der Waals surface area contributed by atoms with Crippen molar-refractivity contribution in [1.82, 2.24) is 9.88 Å². The molecule has 1 aromatic rings. The van der Waals surface area contributed by atoms with Crippen molar-refractivity contribution in [2.45, 2.75) is 13.0 Å². The molecule has 2 rings (SSSR count). The van der Waals surface area contributed by atoms with E-state index in [-0.39, 0.29) is 5.82 Å². The zero-order chi connectivity index (χ0) is 9.26. The summed E-state index contributed by atoms with van der Waals surface area (Å²) >= 11 is 0. The molecule has 1 aliphatic heterocycles. The van der Waals surface area contributed by atoms with Gasteiger partial charge in [-0.05, 0) is 11.6 Å². The Morgan fingerprint density at radius 3 is 3.23 bits per heavy atom. The summed E-state index contributed by atoms with van der Waals surface area (Å²) in [5.41, 5.74) is 1.72. The second-order valence-electron chi connectivity index (χ2n) is 3.09. The molecule has 0 aliphatic carbocycles. The fraction of sp³-hybridized carbons (Fsp3) is 0.333. The minimum Gasteiger partial charge on any atom is -0.340 e. The van der Waals surface area contributed by atoms with Crippen LogP contribution in [0.3, 0.4) is 0 Å². The molecule has 2 heterocycles. The van der Waals surface area contributed by atoms with E-state index in [0.29, 0.717) is 19.5 Å². The van der Waals surface area contributed by atoms with Crippen molar-refractivity contribution in [2.24, 2.45) is 0 Å². The maximum Gasteiger partial charge on any atom is 0.210 e. The third-order valence-corrected chi connectivity index (χ3v) is 2.18. The molecule has 0 aromatic carbocycles. The number of hydrogen-bond acceptors (Lipinski definition) is 2. The van der Waals surface area contributed by atoms with Crippen molar-refractivity contribution in [3.05, 3.63) is 29.3 Å². The van der Waals surface area contributed by atoms with Crippen LogP contribution in [-0.4, -0.2) is 22.8 Å². The highest BCUT2D eigenvalue weighted by atomic mass is 19.1. The fourth-order valence-electron chi connectivity index (χ4n) is 1.51. The molecule has 0 atom stereocenters. The summed E-state index contributed by atoms with van der Waals surface area (Å²) in [5.74, 6) is -0.341. The number of halogens is 1. The Morgan fingerprint density at radius 1 is 1.62 bits per heavy atom. The zero-order valence-corrected chi connectivity index (χ0v) is 7.03.